The van der Waals surface area contributed by atoms with E-state index in [1.54, 1.807) is 6.07 Å². The molecule has 6 rings (SSSR count). The van der Waals surface area contributed by atoms with Gasteiger partial charge >= 0.3 is 7.12 Å². The van der Waals surface area contributed by atoms with E-state index in [0.717, 1.165) is 57.8 Å². The second-order valence-corrected chi connectivity index (χ2v) is 15.6. The Bertz CT molecular complexity index is 1700. The molecule has 0 bridgehead atoms. The number of nitrogens with zero attached hydrogens (tertiary/aromatic N) is 4. The van der Waals surface area contributed by atoms with Gasteiger partial charge in [-0.05, 0) is 110 Å². The van der Waals surface area contributed by atoms with Gasteiger partial charge in [-0.1, -0.05) is 124 Å². The second-order valence-electron chi connectivity index (χ2n) is 13.8. The highest BCUT2D eigenvalue weighted by Crippen LogP contribution is 2.35. The summed E-state index contributed by atoms with van der Waals surface area (Å²) in [4.78, 5) is 17.5. The third kappa shape index (κ3) is 13.4. The van der Waals surface area contributed by atoms with Crippen molar-refractivity contribution in [2.24, 2.45) is 0 Å². The Morgan fingerprint density at radius 1 is 0.712 bits per heavy atom. The van der Waals surface area contributed by atoms with Gasteiger partial charge in [0.2, 0.25) is 0 Å². The maximum atomic E-state index is 8.93. The summed E-state index contributed by atoms with van der Waals surface area (Å²) in [6.07, 6.45) is 16.9. The summed E-state index contributed by atoms with van der Waals surface area (Å²) in [5.74, 6) is 3.21. The molecule has 0 atom stereocenters. The fraction of sp³-hybridized carbons (Fsp3) is 0.500. The van der Waals surface area contributed by atoms with Crippen molar-refractivity contribution in [3.05, 3.63) is 85.2 Å². The van der Waals surface area contributed by atoms with E-state index in [4.69, 9.17) is 33.2 Å². The van der Waals surface area contributed by atoms with Gasteiger partial charge < -0.3 is 20.7 Å². The Kier molecular flexibility index (Phi) is 17.9. The van der Waals surface area contributed by atoms with Crippen LogP contribution >= 0.6 is 45.8 Å². The highest BCUT2D eigenvalue weighted by atomic mass is 127. The predicted molar refractivity (Wildman–Crippen MR) is 227 cm³/mol. The predicted octanol–water partition coefficient (Wildman–Crippen LogP) is 9.91. The van der Waals surface area contributed by atoms with Crippen LogP contribution in [0, 0.1) is 17.4 Å². The summed E-state index contributed by atoms with van der Waals surface area (Å²) in [5.41, 5.74) is 5.14. The first-order valence-electron chi connectivity index (χ1n) is 18.9. The minimum atomic E-state index is -1.35. The monoisotopic (exact) mass is 858 g/mol. The van der Waals surface area contributed by atoms with Crippen LogP contribution in [0.15, 0.2) is 48.5 Å². The van der Waals surface area contributed by atoms with Crippen LogP contribution in [0.25, 0.3) is 11.1 Å². The quantitative estimate of drug-likeness (QED) is 0.0633. The number of halogens is 3. The van der Waals surface area contributed by atoms with Gasteiger partial charge in [0.1, 0.15) is 33.6 Å². The smallest absolute Gasteiger partial charge is 0.423 e. The van der Waals surface area contributed by atoms with Crippen molar-refractivity contribution < 1.29 is 10.0 Å². The molecule has 2 heterocycles. The van der Waals surface area contributed by atoms with Crippen LogP contribution < -0.4 is 16.1 Å². The molecule has 0 unspecified atom stereocenters. The Labute approximate surface area is 334 Å². The molecule has 0 aliphatic heterocycles. The first-order valence-corrected chi connectivity index (χ1v) is 20.7. The largest absolute Gasteiger partial charge is 0.488 e. The third-order valence-electron chi connectivity index (χ3n) is 9.39. The molecule has 8 nitrogen and oxygen atoms in total. The molecule has 0 spiro atoms. The molecule has 0 amide bonds. The standard InChI is InChI=1S/C20H26ClN3.C10H15BO2.C10H13ClIN3/c1-3-4-8-15-9-7-10-16(13-15)18-19(21)22-14(2)23-20(18)24-17-11-5-6-12-17;1-2-3-5-9-6-4-7-10(8-9)11(12)13;1-6-13-9(11)8(12)10(14-6)15-7-4-2-3-5-7/h7,9-10,13,17H,3-6,8,11-12H2,1-2H3,(H,22,23,24);4,6-8,12-13H,2-3,5H2,1H3;7H,2-5H2,1H3,(H,13,14,15). The summed E-state index contributed by atoms with van der Waals surface area (Å²) in [6.45, 7) is 8.12. The highest BCUT2D eigenvalue weighted by Gasteiger charge is 2.21. The summed E-state index contributed by atoms with van der Waals surface area (Å²) in [6, 6.07) is 17.1. The molecule has 0 radical (unpaired) electrons. The van der Waals surface area contributed by atoms with Crippen molar-refractivity contribution in [2.45, 2.75) is 130 Å². The van der Waals surface area contributed by atoms with Gasteiger partial charge in [0, 0.05) is 12.1 Å². The molecular formula is C40H54BCl2IN6O2. The fourth-order valence-electron chi connectivity index (χ4n) is 6.60. The van der Waals surface area contributed by atoms with Gasteiger partial charge in [-0.25, -0.2) is 19.9 Å². The van der Waals surface area contributed by atoms with Crippen LogP contribution in [0.1, 0.15) is 114 Å². The molecule has 2 aliphatic carbocycles. The maximum absolute atomic E-state index is 8.93. The van der Waals surface area contributed by atoms with E-state index in [2.05, 4.69) is 91.3 Å². The Morgan fingerprint density at radius 3 is 1.77 bits per heavy atom. The van der Waals surface area contributed by atoms with Gasteiger partial charge in [-0.15, -0.1) is 0 Å². The van der Waals surface area contributed by atoms with E-state index in [1.807, 2.05) is 32.0 Å². The average Bonchev–Trinajstić information content (AvgIpc) is 3.84. The number of aryl methyl sites for hydroxylation is 4. The van der Waals surface area contributed by atoms with Crippen LogP contribution in [0.2, 0.25) is 10.3 Å². The van der Waals surface area contributed by atoms with Crippen LogP contribution in [-0.2, 0) is 12.8 Å². The van der Waals surface area contributed by atoms with Crippen molar-refractivity contribution in [2.75, 3.05) is 10.6 Å². The van der Waals surface area contributed by atoms with Crippen molar-refractivity contribution in [3.63, 3.8) is 0 Å². The number of hydrogen-bond donors (Lipinski definition) is 4. The summed E-state index contributed by atoms with van der Waals surface area (Å²) < 4.78 is 0.923. The Balaban J connectivity index is 0.000000186. The molecule has 2 aromatic carbocycles. The topological polar surface area (TPSA) is 116 Å². The first kappa shape index (κ1) is 42.2. The molecule has 2 fully saturated rings. The molecule has 280 valence electrons. The van der Waals surface area contributed by atoms with E-state index in [1.165, 1.54) is 75.3 Å². The van der Waals surface area contributed by atoms with Crippen molar-refractivity contribution in [3.8, 4) is 11.1 Å². The van der Waals surface area contributed by atoms with E-state index in [-0.39, 0.29) is 0 Å². The van der Waals surface area contributed by atoms with Crippen LogP contribution in [-0.4, -0.2) is 49.2 Å². The number of unbranched alkanes of at least 4 members (excludes halogenated alkanes) is 2. The minimum Gasteiger partial charge on any atom is -0.423 e. The Morgan fingerprint density at radius 2 is 1.21 bits per heavy atom. The van der Waals surface area contributed by atoms with E-state index >= 15 is 0 Å². The summed E-state index contributed by atoms with van der Waals surface area (Å²) in [7, 11) is -1.35. The fourth-order valence-corrected chi connectivity index (χ4v) is 7.53. The summed E-state index contributed by atoms with van der Waals surface area (Å²) >= 11 is 14.7. The van der Waals surface area contributed by atoms with E-state index in [0.29, 0.717) is 33.7 Å². The first-order chi connectivity index (χ1) is 25.1. The molecule has 4 N–H and O–H groups in total. The highest BCUT2D eigenvalue weighted by molar-refractivity contribution is 14.1. The lowest BCUT2D eigenvalue weighted by Gasteiger charge is -2.18. The molecule has 12 heteroatoms. The minimum absolute atomic E-state index is 0.498. The van der Waals surface area contributed by atoms with Crippen LogP contribution in [0.5, 0.6) is 0 Å². The van der Waals surface area contributed by atoms with Crippen molar-refractivity contribution in [1.29, 1.82) is 0 Å². The zero-order valence-corrected chi connectivity index (χ0v) is 34.7. The molecular weight excluding hydrogens is 805 g/mol. The number of aromatic nitrogens is 4. The zero-order chi connectivity index (χ0) is 37.5. The molecule has 2 aromatic heterocycles. The molecule has 2 saturated carbocycles. The normalized spacial score (nSPS) is 14.3. The van der Waals surface area contributed by atoms with Crippen LogP contribution in [0.4, 0.5) is 11.6 Å². The Hall–Kier alpha value is -2.51. The number of hydrogen-bond acceptors (Lipinski definition) is 8. The lowest BCUT2D eigenvalue weighted by molar-refractivity contribution is 0.425. The van der Waals surface area contributed by atoms with E-state index in [9.17, 15) is 0 Å². The third-order valence-corrected chi connectivity index (χ3v) is 11.3. The van der Waals surface area contributed by atoms with Gasteiger partial charge in [-0.2, -0.15) is 0 Å². The zero-order valence-electron chi connectivity index (χ0n) is 31.1. The van der Waals surface area contributed by atoms with Gasteiger partial charge in [0.15, 0.2) is 0 Å². The molecule has 4 aromatic rings. The lowest BCUT2D eigenvalue weighted by atomic mass is 9.79. The number of anilines is 2. The SMILES string of the molecule is CCCCc1cccc(-c2c(Cl)nc(C)nc2NC2CCCC2)c1.CCCCc1cccc(B(O)O)c1.Cc1nc(Cl)c(I)c(NC2CCCC2)n1. The van der Waals surface area contributed by atoms with Crippen LogP contribution in [0.3, 0.4) is 0 Å². The maximum Gasteiger partial charge on any atom is 0.488 e. The lowest BCUT2D eigenvalue weighted by Crippen LogP contribution is -2.29. The number of nitrogens with one attached hydrogen (secondary N) is 2. The molecule has 0 saturated heterocycles. The van der Waals surface area contributed by atoms with Gasteiger partial charge in [0.05, 0.1) is 9.13 Å². The average molecular weight is 860 g/mol. The summed E-state index contributed by atoms with van der Waals surface area (Å²) in [5, 5.41) is 26.0. The van der Waals surface area contributed by atoms with E-state index < -0.39 is 7.12 Å². The van der Waals surface area contributed by atoms with Gasteiger partial charge in [-0.3, -0.25) is 0 Å². The van der Waals surface area contributed by atoms with Gasteiger partial charge in [0.25, 0.3) is 0 Å². The second kappa shape index (κ2) is 22.0. The number of rotatable bonds is 12. The molecule has 52 heavy (non-hydrogen) atoms. The molecule has 2 aliphatic rings. The van der Waals surface area contributed by atoms with Crippen molar-refractivity contribution >= 4 is 70.0 Å². The number of benzene rings is 2. The van der Waals surface area contributed by atoms with Crippen molar-refractivity contribution in [1.82, 2.24) is 19.9 Å².